The number of nitrogens with zero attached hydrogens (tertiary/aromatic N) is 2. The molecule has 1 aliphatic rings. The van der Waals surface area contributed by atoms with Crippen LogP contribution in [-0.2, 0) is 0 Å². The van der Waals surface area contributed by atoms with Gasteiger partial charge in [0.15, 0.2) is 11.2 Å². The third-order valence-corrected chi connectivity index (χ3v) is 6.29. The van der Waals surface area contributed by atoms with E-state index in [2.05, 4.69) is 5.16 Å². The number of hydrogen-bond acceptors (Lipinski definition) is 6. The molecule has 1 aliphatic heterocycles. The number of fused-ring (bicyclic) bond motifs is 4. The van der Waals surface area contributed by atoms with Gasteiger partial charge in [0.2, 0.25) is 5.76 Å². The molecule has 1 atom stereocenters. The summed E-state index contributed by atoms with van der Waals surface area (Å²) in [7, 11) is 0. The third kappa shape index (κ3) is 3.31. The van der Waals surface area contributed by atoms with Crippen LogP contribution in [0, 0.1) is 6.92 Å². The Morgan fingerprint density at radius 2 is 1.80 bits per heavy atom. The van der Waals surface area contributed by atoms with Crippen LogP contribution in [0.15, 0.2) is 80.5 Å². The summed E-state index contributed by atoms with van der Waals surface area (Å²) >= 11 is 0. The first-order valence-electron chi connectivity index (χ1n) is 11.5. The maximum atomic E-state index is 13.9. The standard InChI is InChI=1S/C28H22N2O5/c1-3-14-33-19-11-8-18(9-12-19)24-23-25(31)21-13-10-17-6-4-5-7-20(17)26(21)34-27(23)28(32)30(24)22-15-16(2)35-29-22/h4-13,15,24H,3,14H2,1-2H3/t24-/m0/s1. The Morgan fingerprint density at radius 1 is 1.00 bits per heavy atom. The van der Waals surface area contributed by atoms with Crippen LogP contribution in [0.4, 0.5) is 5.82 Å². The molecule has 3 heterocycles. The van der Waals surface area contributed by atoms with Crippen LogP contribution in [0.1, 0.15) is 46.8 Å². The maximum Gasteiger partial charge on any atom is 0.296 e. The zero-order valence-corrected chi connectivity index (χ0v) is 19.3. The van der Waals surface area contributed by atoms with E-state index in [1.165, 1.54) is 4.90 Å². The maximum absolute atomic E-state index is 13.9. The topological polar surface area (TPSA) is 85.8 Å². The lowest BCUT2D eigenvalue weighted by atomic mass is 9.97. The summed E-state index contributed by atoms with van der Waals surface area (Å²) < 4.78 is 17.2. The minimum Gasteiger partial charge on any atom is -0.494 e. The highest BCUT2D eigenvalue weighted by Gasteiger charge is 2.45. The number of carbonyl (C=O) groups excluding carboxylic acids is 1. The molecule has 0 bridgehead atoms. The van der Waals surface area contributed by atoms with E-state index in [-0.39, 0.29) is 11.2 Å². The lowest BCUT2D eigenvalue weighted by Crippen LogP contribution is -2.29. The normalized spacial score (nSPS) is 15.2. The number of aryl methyl sites for hydroxylation is 1. The second-order valence-corrected chi connectivity index (χ2v) is 8.63. The Morgan fingerprint density at radius 3 is 2.54 bits per heavy atom. The van der Waals surface area contributed by atoms with Crippen molar-refractivity contribution in [2.75, 3.05) is 11.5 Å². The second kappa shape index (κ2) is 8.13. The number of carbonyl (C=O) groups is 1. The number of ether oxygens (including phenoxy) is 1. The SMILES string of the molecule is CCCOc1ccc([C@H]2c3c(oc4c(ccc5ccccc54)c3=O)C(=O)N2c2cc(C)on2)cc1. The van der Waals surface area contributed by atoms with Crippen molar-refractivity contribution in [1.82, 2.24) is 5.16 Å². The molecular weight excluding hydrogens is 444 g/mol. The zero-order chi connectivity index (χ0) is 24.1. The van der Waals surface area contributed by atoms with Crippen molar-refractivity contribution in [3.05, 3.63) is 99.6 Å². The average molecular weight is 466 g/mol. The Hall–Kier alpha value is -4.39. The van der Waals surface area contributed by atoms with Crippen molar-refractivity contribution < 1.29 is 18.5 Å². The number of rotatable bonds is 5. The van der Waals surface area contributed by atoms with Crippen molar-refractivity contribution in [3.63, 3.8) is 0 Å². The molecule has 0 fully saturated rings. The summed E-state index contributed by atoms with van der Waals surface area (Å²) in [6, 6.07) is 19.7. The van der Waals surface area contributed by atoms with Crippen LogP contribution in [0.3, 0.4) is 0 Å². The quantitative estimate of drug-likeness (QED) is 0.305. The molecule has 174 valence electrons. The van der Waals surface area contributed by atoms with Crippen LogP contribution in [0.25, 0.3) is 21.7 Å². The van der Waals surface area contributed by atoms with Gasteiger partial charge in [-0.1, -0.05) is 54.5 Å². The minimum absolute atomic E-state index is 0.0239. The van der Waals surface area contributed by atoms with E-state index in [9.17, 15) is 9.59 Å². The Kier molecular flexibility index (Phi) is 4.91. The van der Waals surface area contributed by atoms with Gasteiger partial charge in [0.05, 0.1) is 23.6 Å². The first kappa shape index (κ1) is 21.2. The molecule has 0 saturated heterocycles. The second-order valence-electron chi connectivity index (χ2n) is 8.63. The summed E-state index contributed by atoms with van der Waals surface area (Å²) in [6.45, 7) is 4.40. The number of benzene rings is 3. The molecule has 7 nitrogen and oxygen atoms in total. The molecule has 0 saturated carbocycles. The zero-order valence-electron chi connectivity index (χ0n) is 19.3. The van der Waals surface area contributed by atoms with Crippen molar-refractivity contribution in [2.24, 2.45) is 0 Å². The Bertz CT molecular complexity index is 1650. The van der Waals surface area contributed by atoms with Gasteiger partial charge in [0, 0.05) is 11.5 Å². The molecule has 1 amide bonds. The molecule has 2 aromatic heterocycles. The predicted molar refractivity (Wildman–Crippen MR) is 132 cm³/mol. The predicted octanol–water partition coefficient (Wildman–Crippen LogP) is 5.78. The van der Waals surface area contributed by atoms with Crippen molar-refractivity contribution >= 4 is 33.5 Å². The molecule has 0 unspecified atom stereocenters. The lowest BCUT2D eigenvalue weighted by Gasteiger charge is -2.22. The first-order valence-corrected chi connectivity index (χ1v) is 11.5. The third-order valence-electron chi connectivity index (χ3n) is 6.29. The molecule has 7 heteroatoms. The van der Waals surface area contributed by atoms with Crippen molar-refractivity contribution in [1.29, 1.82) is 0 Å². The van der Waals surface area contributed by atoms with Gasteiger partial charge in [0.25, 0.3) is 5.91 Å². The fourth-order valence-corrected chi connectivity index (χ4v) is 4.69. The van der Waals surface area contributed by atoms with Crippen LogP contribution in [0.2, 0.25) is 0 Å². The fourth-order valence-electron chi connectivity index (χ4n) is 4.69. The molecule has 35 heavy (non-hydrogen) atoms. The van der Waals surface area contributed by atoms with Gasteiger partial charge in [0.1, 0.15) is 17.1 Å². The Labute approximate surface area is 200 Å². The van der Waals surface area contributed by atoms with E-state index >= 15 is 0 Å². The fraction of sp³-hybridized carbons (Fsp3) is 0.179. The summed E-state index contributed by atoms with van der Waals surface area (Å²) in [5.41, 5.74) is 1.20. The number of anilines is 1. The van der Waals surface area contributed by atoms with Gasteiger partial charge >= 0.3 is 0 Å². The molecular formula is C28H22N2O5. The highest BCUT2D eigenvalue weighted by Crippen LogP contribution is 2.42. The van der Waals surface area contributed by atoms with Gasteiger partial charge in [-0.05, 0) is 42.5 Å². The molecule has 6 rings (SSSR count). The van der Waals surface area contributed by atoms with Gasteiger partial charge in [-0.15, -0.1) is 0 Å². The van der Waals surface area contributed by atoms with Gasteiger partial charge in [-0.2, -0.15) is 0 Å². The van der Waals surface area contributed by atoms with Crippen LogP contribution in [0.5, 0.6) is 5.75 Å². The van der Waals surface area contributed by atoms with E-state index in [0.29, 0.717) is 34.7 Å². The number of amides is 1. The number of hydrogen-bond donors (Lipinski definition) is 0. The van der Waals surface area contributed by atoms with Gasteiger partial charge in [-0.25, -0.2) is 0 Å². The van der Waals surface area contributed by atoms with Crippen molar-refractivity contribution in [2.45, 2.75) is 26.3 Å². The highest BCUT2D eigenvalue weighted by molar-refractivity contribution is 6.12. The molecule has 0 N–H and O–H groups in total. The number of aromatic nitrogens is 1. The molecule has 0 radical (unpaired) electrons. The van der Waals surface area contributed by atoms with Crippen LogP contribution in [-0.4, -0.2) is 17.7 Å². The average Bonchev–Trinajstić information content (AvgIpc) is 3.43. The molecule has 5 aromatic rings. The van der Waals surface area contributed by atoms with Crippen molar-refractivity contribution in [3.8, 4) is 5.75 Å². The van der Waals surface area contributed by atoms with Gasteiger partial charge in [-0.3, -0.25) is 14.5 Å². The first-order chi connectivity index (χ1) is 17.1. The summed E-state index contributed by atoms with van der Waals surface area (Å²) in [6.07, 6.45) is 0.897. The molecule has 0 aliphatic carbocycles. The smallest absolute Gasteiger partial charge is 0.296 e. The summed E-state index contributed by atoms with van der Waals surface area (Å²) in [4.78, 5) is 29.1. The van der Waals surface area contributed by atoms with Gasteiger partial charge < -0.3 is 13.7 Å². The Balaban J connectivity index is 1.59. The summed E-state index contributed by atoms with van der Waals surface area (Å²) in [5, 5.41) is 6.22. The van der Waals surface area contributed by atoms with E-state index in [1.807, 2.05) is 61.5 Å². The minimum atomic E-state index is -0.714. The van der Waals surface area contributed by atoms with E-state index < -0.39 is 11.9 Å². The lowest BCUT2D eigenvalue weighted by molar-refractivity contribution is 0.0969. The monoisotopic (exact) mass is 466 g/mol. The van der Waals surface area contributed by atoms with E-state index in [1.54, 1.807) is 19.1 Å². The highest BCUT2D eigenvalue weighted by atomic mass is 16.5. The van der Waals surface area contributed by atoms with E-state index in [4.69, 9.17) is 13.7 Å². The van der Waals surface area contributed by atoms with Crippen LogP contribution >= 0.6 is 0 Å². The largest absolute Gasteiger partial charge is 0.494 e. The summed E-state index contributed by atoms with van der Waals surface area (Å²) in [5.74, 6) is 1.19. The molecule has 0 spiro atoms. The molecule has 3 aromatic carbocycles. The van der Waals surface area contributed by atoms with E-state index in [0.717, 1.165) is 28.5 Å². The van der Waals surface area contributed by atoms with Crippen LogP contribution < -0.4 is 15.1 Å².